The number of imidazole rings is 1. The summed E-state index contributed by atoms with van der Waals surface area (Å²) >= 11 is 3.42. The van der Waals surface area contributed by atoms with Crippen LogP contribution >= 0.6 is 15.9 Å². The summed E-state index contributed by atoms with van der Waals surface area (Å²) in [4.78, 5) is 21.6. The Kier molecular flexibility index (Phi) is 5.85. The highest BCUT2D eigenvalue weighted by molar-refractivity contribution is 9.10. The van der Waals surface area contributed by atoms with Gasteiger partial charge in [0, 0.05) is 16.2 Å². The lowest BCUT2D eigenvalue weighted by atomic mass is 10.2. The summed E-state index contributed by atoms with van der Waals surface area (Å²) < 4.78 is 8.04. The maximum Gasteiger partial charge on any atom is 0.260 e. The van der Waals surface area contributed by atoms with Crippen molar-refractivity contribution in [1.29, 1.82) is 0 Å². The molecule has 0 spiro atoms. The van der Waals surface area contributed by atoms with Crippen LogP contribution < -0.4 is 10.2 Å². The first-order valence-corrected chi connectivity index (χ1v) is 9.97. The van der Waals surface area contributed by atoms with Crippen molar-refractivity contribution in [2.45, 2.75) is 6.54 Å². The van der Waals surface area contributed by atoms with Crippen LogP contribution in [0.15, 0.2) is 76.4 Å². The minimum absolute atomic E-state index is 0.0549. The summed E-state index contributed by atoms with van der Waals surface area (Å²) in [6, 6.07) is 18.8. The standard InChI is InChI=1S/C22H18BrN5O2/c1-30-20-10-9-16(23)12-15(20)13-25-27-21(29)14-28-19-8-3-2-6-17(19)26-22(28)18-7-4-5-11-24-18/h2-13H,14H2,1H3,(H,27,29)/b25-13+. The van der Waals surface area contributed by atoms with E-state index in [-0.39, 0.29) is 12.5 Å². The Bertz CT molecular complexity index is 1220. The number of nitrogens with zero attached hydrogens (tertiary/aromatic N) is 4. The average molecular weight is 464 g/mol. The lowest BCUT2D eigenvalue weighted by Gasteiger charge is -2.08. The second-order valence-electron chi connectivity index (χ2n) is 6.40. The van der Waals surface area contributed by atoms with Gasteiger partial charge in [-0.05, 0) is 42.5 Å². The molecule has 7 nitrogen and oxygen atoms in total. The smallest absolute Gasteiger partial charge is 0.260 e. The van der Waals surface area contributed by atoms with E-state index in [1.54, 1.807) is 19.5 Å². The van der Waals surface area contributed by atoms with E-state index in [4.69, 9.17) is 4.74 Å². The van der Waals surface area contributed by atoms with E-state index in [1.807, 2.05) is 65.2 Å². The third-order valence-corrected chi connectivity index (χ3v) is 4.93. The summed E-state index contributed by atoms with van der Waals surface area (Å²) in [5.41, 5.74) is 5.67. The Morgan fingerprint density at radius 1 is 1.20 bits per heavy atom. The van der Waals surface area contributed by atoms with Crippen LogP contribution in [0.3, 0.4) is 0 Å². The summed E-state index contributed by atoms with van der Waals surface area (Å²) in [5, 5.41) is 4.08. The van der Waals surface area contributed by atoms with Crippen molar-refractivity contribution in [3.05, 3.63) is 76.9 Å². The molecule has 0 bridgehead atoms. The van der Waals surface area contributed by atoms with Gasteiger partial charge >= 0.3 is 0 Å². The van der Waals surface area contributed by atoms with Crippen molar-refractivity contribution < 1.29 is 9.53 Å². The lowest BCUT2D eigenvalue weighted by Crippen LogP contribution is -2.23. The van der Waals surface area contributed by atoms with Crippen LogP contribution in [0.4, 0.5) is 0 Å². The van der Waals surface area contributed by atoms with E-state index in [2.05, 4.69) is 36.4 Å². The van der Waals surface area contributed by atoms with Gasteiger partial charge in [0.25, 0.3) is 5.91 Å². The molecule has 0 radical (unpaired) electrons. The molecular weight excluding hydrogens is 446 g/mol. The van der Waals surface area contributed by atoms with Gasteiger partial charge in [-0.3, -0.25) is 9.78 Å². The van der Waals surface area contributed by atoms with Crippen LogP contribution in [0, 0.1) is 0 Å². The number of benzene rings is 2. The number of hydrogen-bond donors (Lipinski definition) is 1. The third-order valence-electron chi connectivity index (χ3n) is 4.43. The van der Waals surface area contributed by atoms with Crippen molar-refractivity contribution >= 4 is 39.1 Å². The molecule has 0 saturated carbocycles. The van der Waals surface area contributed by atoms with Gasteiger partial charge in [0.1, 0.15) is 18.0 Å². The zero-order valence-corrected chi connectivity index (χ0v) is 17.7. The Balaban J connectivity index is 1.57. The van der Waals surface area contributed by atoms with Crippen molar-refractivity contribution in [1.82, 2.24) is 20.0 Å². The van der Waals surface area contributed by atoms with Gasteiger partial charge in [0.05, 0.1) is 24.4 Å². The number of amides is 1. The summed E-state index contributed by atoms with van der Waals surface area (Å²) in [6.45, 7) is 0.0549. The molecular formula is C22H18BrN5O2. The van der Waals surface area contributed by atoms with Crippen LogP contribution in [0.1, 0.15) is 5.56 Å². The molecule has 0 unspecified atom stereocenters. The Morgan fingerprint density at radius 3 is 2.83 bits per heavy atom. The monoisotopic (exact) mass is 463 g/mol. The van der Waals surface area contributed by atoms with Crippen molar-refractivity contribution in [3.8, 4) is 17.3 Å². The molecule has 150 valence electrons. The maximum atomic E-state index is 12.6. The number of pyridine rings is 1. The SMILES string of the molecule is COc1ccc(Br)cc1/C=N/NC(=O)Cn1c(-c2ccccn2)nc2ccccc21. The Morgan fingerprint density at radius 2 is 2.03 bits per heavy atom. The first kappa shape index (κ1) is 19.8. The number of aromatic nitrogens is 3. The van der Waals surface area contributed by atoms with Crippen LogP contribution in [0.25, 0.3) is 22.6 Å². The Hall–Kier alpha value is -3.52. The van der Waals surface area contributed by atoms with Gasteiger partial charge in [-0.15, -0.1) is 0 Å². The first-order valence-electron chi connectivity index (χ1n) is 9.18. The van der Waals surface area contributed by atoms with Crippen LogP contribution in [0.2, 0.25) is 0 Å². The fraction of sp³-hybridized carbons (Fsp3) is 0.0909. The van der Waals surface area contributed by atoms with Gasteiger partial charge in [-0.2, -0.15) is 5.10 Å². The highest BCUT2D eigenvalue weighted by Gasteiger charge is 2.15. The topological polar surface area (TPSA) is 81.4 Å². The molecule has 8 heteroatoms. The molecule has 0 atom stereocenters. The fourth-order valence-corrected chi connectivity index (χ4v) is 3.46. The number of para-hydroxylation sites is 2. The number of carbonyl (C=O) groups is 1. The van der Waals surface area contributed by atoms with E-state index in [0.29, 0.717) is 17.3 Å². The molecule has 2 aromatic heterocycles. The summed E-state index contributed by atoms with van der Waals surface area (Å²) in [5.74, 6) is 1.01. The number of hydrazone groups is 1. The molecule has 4 rings (SSSR count). The molecule has 0 aliphatic heterocycles. The third kappa shape index (κ3) is 4.23. The van der Waals surface area contributed by atoms with Crippen LogP contribution in [-0.4, -0.2) is 33.8 Å². The normalized spacial score (nSPS) is 11.1. The number of halogens is 1. The molecule has 0 saturated heterocycles. The molecule has 0 aliphatic rings. The number of rotatable bonds is 6. The zero-order chi connectivity index (χ0) is 20.9. The zero-order valence-electron chi connectivity index (χ0n) is 16.1. The first-order chi connectivity index (χ1) is 14.7. The highest BCUT2D eigenvalue weighted by Crippen LogP contribution is 2.23. The summed E-state index contributed by atoms with van der Waals surface area (Å²) in [7, 11) is 1.59. The van der Waals surface area contributed by atoms with Gasteiger partial charge in [0.15, 0.2) is 5.82 Å². The van der Waals surface area contributed by atoms with Gasteiger partial charge in [0.2, 0.25) is 0 Å². The lowest BCUT2D eigenvalue weighted by molar-refractivity contribution is -0.121. The predicted molar refractivity (Wildman–Crippen MR) is 119 cm³/mol. The number of hydrogen-bond acceptors (Lipinski definition) is 5. The number of ether oxygens (including phenoxy) is 1. The Labute approximate surface area is 181 Å². The molecule has 0 fully saturated rings. The van der Waals surface area contributed by atoms with Gasteiger partial charge in [-0.25, -0.2) is 10.4 Å². The van der Waals surface area contributed by atoms with E-state index < -0.39 is 0 Å². The van der Waals surface area contributed by atoms with Crippen molar-refractivity contribution in [3.63, 3.8) is 0 Å². The molecule has 1 N–H and O–H groups in total. The maximum absolute atomic E-state index is 12.6. The second-order valence-corrected chi connectivity index (χ2v) is 7.32. The van der Waals surface area contributed by atoms with E-state index in [0.717, 1.165) is 21.1 Å². The fourth-order valence-electron chi connectivity index (χ4n) is 3.09. The number of carbonyl (C=O) groups excluding carboxylic acids is 1. The van der Waals surface area contributed by atoms with E-state index >= 15 is 0 Å². The van der Waals surface area contributed by atoms with Crippen molar-refractivity contribution in [2.75, 3.05) is 7.11 Å². The van der Waals surface area contributed by atoms with Crippen LogP contribution in [-0.2, 0) is 11.3 Å². The van der Waals surface area contributed by atoms with Gasteiger partial charge < -0.3 is 9.30 Å². The molecule has 2 aromatic carbocycles. The minimum atomic E-state index is -0.277. The number of fused-ring (bicyclic) bond motifs is 1. The van der Waals surface area contributed by atoms with Crippen LogP contribution in [0.5, 0.6) is 5.75 Å². The quantitative estimate of drug-likeness (QED) is 0.345. The van der Waals surface area contributed by atoms with Gasteiger partial charge in [-0.1, -0.05) is 34.1 Å². The molecule has 4 aromatic rings. The predicted octanol–water partition coefficient (Wildman–Crippen LogP) is 4.02. The molecule has 30 heavy (non-hydrogen) atoms. The number of methoxy groups -OCH3 is 1. The van der Waals surface area contributed by atoms with E-state index in [1.165, 1.54) is 0 Å². The summed E-state index contributed by atoms with van der Waals surface area (Å²) in [6.07, 6.45) is 3.25. The highest BCUT2D eigenvalue weighted by atomic mass is 79.9. The average Bonchev–Trinajstić information content (AvgIpc) is 3.13. The molecule has 2 heterocycles. The van der Waals surface area contributed by atoms with Crippen molar-refractivity contribution in [2.24, 2.45) is 5.10 Å². The van der Waals surface area contributed by atoms with E-state index in [9.17, 15) is 4.79 Å². The largest absolute Gasteiger partial charge is 0.496 e. The minimum Gasteiger partial charge on any atom is -0.496 e. The number of nitrogens with one attached hydrogen (secondary N) is 1. The molecule has 0 aliphatic carbocycles. The second kappa shape index (κ2) is 8.87. The molecule has 1 amide bonds.